The number of pyridine rings is 1. The van der Waals surface area contributed by atoms with E-state index in [1.54, 1.807) is 12.1 Å². The standard InChI is InChI=1S/C13H18ClN3O/c1-8-6-9(7-12(14)16-8)13(18)17-11-4-2-10(15)3-5-11/h6-7,10-11H,2-5,15H2,1H3,(H,17,18). The molecule has 1 fully saturated rings. The van der Waals surface area contributed by atoms with Gasteiger partial charge in [0, 0.05) is 23.3 Å². The fourth-order valence-corrected chi connectivity index (χ4v) is 2.54. The Hall–Kier alpha value is -1.13. The molecule has 1 aromatic rings. The molecule has 4 nitrogen and oxygen atoms in total. The molecule has 0 radical (unpaired) electrons. The van der Waals surface area contributed by atoms with E-state index in [0.29, 0.717) is 10.7 Å². The van der Waals surface area contributed by atoms with Crippen molar-refractivity contribution in [1.29, 1.82) is 0 Å². The Morgan fingerprint density at radius 3 is 2.67 bits per heavy atom. The predicted molar refractivity (Wildman–Crippen MR) is 71.7 cm³/mol. The first-order valence-corrected chi connectivity index (χ1v) is 6.63. The molecule has 0 aliphatic heterocycles. The third-order valence-electron chi connectivity index (χ3n) is 3.29. The number of amides is 1. The highest BCUT2D eigenvalue weighted by Gasteiger charge is 2.20. The van der Waals surface area contributed by atoms with Crippen molar-refractivity contribution < 1.29 is 4.79 Å². The minimum atomic E-state index is -0.0807. The first kappa shape index (κ1) is 13.3. The number of hydrogen-bond acceptors (Lipinski definition) is 3. The molecule has 2 rings (SSSR count). The Morgan fingerprint density at radius 2 is 2.06 bits per heavy atom. The lowest BCUT2D eigenvalue weighted by molar-refractivity contribution is 0.0925. The Labute approximate surface area is 112 Å². The number of aryl methyl sites for hydroxylation is 1. The van der Waals surface area contributed by atoms with Crippen LogP contribution >= 0.6 is 11.6 Å². The number of nitrogens with two attached hydrogens (primary N) is 1. The van der Waals surface area contributed by atoms with Gasteiger partial charge in [-0.3, -0.25) is 4.79 Å². The van der Waals surface area contributed by atoms with Crippen LogP contribution in [0.1, 0.15) is 41.7 Å². The van der Waals surface area contributed by atoms with Crippen LogP contribution in [-0.2, 0) is 0 Å². The van der Waals surface area contributed by atoms with Crippen LogP contribution in [0.2, 0.25) is 5.15 Å². The van der Waals surface area contributed by atoms with E-state index in [0.717, 1.165) is 31.4 Å². The quantitative estimate of drug-likeness (QED) is 0.806. The number of nitrogens with zero attached hydrogens (tertiary/aromatic N) is 1. The maximum absolute atomic E-state index is 12.1. The van der Waals surface area contributed by atoms with Crippen molar-refractivity contribution in [2.24, 2.45) is 5.73 Å². The van der Waals surface area contributed by atoms with Crippen molar-refractivity contribution in [3.05, 3.63) is 28.5 Å². The maximum atomic E-state index is 12.1. The van der Waals surface area contributed by atoms with Crippen molar-refractivity contribution in [2.75, 3.05) is 0 Å². The highest BCUT2D eigenvalue weighted by Crippen LogP contribution is 2.18. The van der Waals surface area contributed by atoms with Crippen LogP contribution in [0.3, 0.4) is 0 Å². The average molecular weight is 268 g/mol. The lowest BCUT2D eigenvalue weighted by Gasteiger charge is -2.26. The fourth-order valence-electron chi connectivity index (χ4n) is 2.29. The molecule has 5 heteroatoms. The van der Waals surface area contributed by atoms with Gasteiger partial charge in [0.15, 0.2) is 0 Å². The largest absolute Gasteiger partial charge is 0.349 e. The molecule has 98 valence electrons. The van der Waals surface area contributed by atoms with Crippen LogP contribution in [0.4, 0.5) is 0 Å². The van der Waals surface area contributed by atoms with Crippen LogP contribution in [0.5, 0.6) is 0 Å². The summed E-state index contributed by atoms with van der Waals surface area (Å²) in [5.74, 6) is -0.0807. The van der Waals surface area contributed by atoms with Gasteiger partial charge in [0.05, 0.1) is 0 Å². The molecule has 0 saturated heterocycles. The van der Waals surface area contributed by atoms with Gasteiger partial charge >= 0.3 is 0 Å². The number of halogens is 1. The monoisotopic (exact) mass is 267 g/mol. The van der Waals surface area contributed by atoms with Gasteiger partial charge in [0.25, 0.3) is 5.91 Å². The van der Waals surface area contributed by atoms with E-state index in [4.69, 9.17) is 17.3 Å². The summed E-state index contributed by atoms with van der Waals surface area (Å²) >= 11 is 5.85. The molecular weight excluding hydrogens is 250 g/mol. The van der Waals surface area contributed by atoms with Crippen LogP contribution in [0, 0.1) is 6.92 Å². The number of nitrogens with one attached hydrogen (secondary N) is 1. The predicted octanol–water partition coefficient (Wildman–Crippen LogP) is 2.04. The number of aromatic nitrogens is 1. The first-order chi connectivity index (χ1) is 8.54. The van der Waals surface area contributed by atoms with Gasteiger partial charge in [-0.2, -0.15) is 0 Å². The molecule has 0 unspecified atom stereocenters. The van der Waals surface area contributed by atoms with Crippen LogP contribution in [-0.4, -0.2) is 23.0 Å². The van der Waals surface area contributed by atoms with Crippen molar-refractivity contribution in [2.45, 2.75) is 44.7 Å². The van der Waals surface area contributed by atoms with E-state index in [9.17, 15) is 4.79 Å². The van der Waals surface area contributed by atoms with Crippen molar-refractivity contribution in [3.63, 3.8) is 0 Å². The number of carbonyl (C=O) groups is 1. The van der Waals surface area contributed by atoms with Crippen molar-refractivity contribution in [3.8, 4) is 0 Å². The van der Waals surface area contributed by atoms with Gasteiger partial charge < -0.3 is 11.1 Å². The van der Waals surface area contributed by atoms with Gasteiger partial charge in [0.2, 0.25) is 0 Å². The highest BCUT2D eigenvalue weighted by atomic mass is 35.5. The van der Waals surface area contributed by atoms with Gasteiger partial charge in [0.1, 0.15) is 5.15 Å². The fraction of sp³-hybridized carbons (Fsp3) is 0.538. The summed E-state index contributed by atoms with van der Waals surface area (Å²) in [6.45, 7) is 1.82. The Bertz CT molecular complexity index is 422. The second-order valence-electron chi connectivity index (χ2n) is 4.91. The van der Waals surface area contributed by atoms with E-state index in [2.05, 4.69) is 10.3 Å². The molecule has 0 atom stereocenters. The molecule has 1 amide bonds. The second-order valence-corrected chi connectivity index (χ2v) is 5.29. The second kappa shape index (κ2) is 5.67. The maximum Gasteiger partial charge on any atom is 0.251 e. The third kappa shape index (κ3) is 3.43. The zero-order valence-corrected chi connectivity index (χ0v) is 11.2. The number of hydrogen-bond donors (Lipinski definition) is 2. The molecule has 1 aromatic heterocycles. The first-order valence-electron chi connectivity index (χ1n) is 6.25. The number of carbonyl (C=O) groups excluding carboxylic acids is 1. The SMILES string of the molecule is Cc1cc(C(=O)NC2CCC(N)CC2)cc(Cl)n1. The van der Waals surface area contributed by atoms with E-state index in [-0.39, 0.29) is 18.0 Å². The summed E-state index contributed by atoms with van der Waals surface area (Å²) in [5, 5.41) is 3.38. The molecule has 3 N–H and O–H groups in total. The molecule has 1 aliphatic carbocycles. The van der Waals surface area contributed by atoms with Crippen molar-refractivity contribution in [1.82, 2.24) is 10.3 Å². The molecule has 1 heterocycles. The van der Waals surface area contributed by atoms with Crippen LogP contribution in [0.15, 0.2) is 12.1 Å². The average Bonchev–Trinajstić information content (AvgIpc) is 2.31. The minimum absolute atomic E-state index is 0.0807. The van der Waals surface area contributed by atoms with Crippen LogP contribution in [0.25, 0.3) is 0 Å². The summed E-state index contributed by atoms with van der Waals surface area (Å²) < 4.78 is 0. The topological polar surface area (TPSA) is 68.0 Å². The summed E-state index contributed by atoms with van der Waals surface area (Å²) in [6, 6.07) is 3.86. The van der Waals surface area contributed by atoms with E-state index >= 15 is 0 Å². The summed E-state index contributed by atoms with van der Waals surface area (Å²) in [5.41, 5.74) is 7.16. The van der Waals surface area contributed by atoms with Gasteiger partial charge in [-0.1, -0.05) is 11.6 Å². The minimum Gasteiger partial charge on any atom is -0.349 e. The molecule has 0 spiro atoms. The lowest BCUT2D eigenvalue weighted by Crippen LogP contribution is -2.40. The zero-order chi connectivity index (χ0) is 13.1. The molecule has 0 bridgehead atoms. The Morgan fingerprint density at radius 1 is 1.39 bits per heavy atom. The normalized spacial score (nSPS) is 23.7. The van der Waals surface area contributed by atoms with Gasteiger partial charge in [-0.25, -0.2) is 4.98 Å². The Kier molecular flexibility index (Phi) is 4.19. The summed E-state index contributed by atoms with van der Waals surface area (Å²) in [7, 11) is 0. The van der Waals surface area contributed by atoms with Crippen molar-refractivity contribution >= 4 is 17.5 Å². The van der Waals surface area contributed by atoms with Gasteiger partial charge in [-0.15, -0.1) is 0 Å². The van der Waals surface area contributed by atoms with E-state index in [1.807, 2.05) is 6.92 Å². The zero-order valence-electron chi connectivity index (χ0n) is 10.4. The molecule has 1 aliphatic rings. The highest BCUT2D eigenvalue weighted by molar-refractivity contribution is 6.29. The lowest BCUT2D eigenvalue weighted by atomic mass is 9.91. The van der Waals surface area contributed by atoms with E-state index in [1.165, 1.54) is 0 Å². The van der Waals surface area contributed by atoms with Gasteiger partial charge in [-0.05, 0) is 44.7 Å². The summed E-state index contributed by atoms with van der Waals surface area (Å²) in [6.07, 6.45) is 3.84. The number of rotatable bonds is 2. The molecule has 18 heavy (non-hydrogen) atoms. The molecular formula is C13H18ClN3O. The summed E-state index contributed by atoms with van der Waals surface area (Å²) in [4.78, 5) is 16.1. The van der Waals surface area contributed by atoms with Crippen LogP contribution < -0.4 is 11.1 Å². The Balaban J connectivity index is 1.99. The smallest absolute Gasteiger partial charge is 0.251 e. The third-order valence-corrected chi connectivity index (χ3v) is 3.49. The van der Waals surface area contributed by atoms with E-state index < -0.39 is 0 Å². The molecule has 0 aromatic carbocycles. The molecule has 1 saturated carbocycles.